The van der Waals surface area contributed by atoms with Crippen molar-refractivity contribution in [2.45, 2.75) is 33.0 Å². The summed E-state index contributed by atoms with van der Waals surface area (Å²) in [5.74, 6) is 0.370. The van der Waals surface area contributed by atoms with Crippen LogP contribution in [0.5, 0.6) is 0 Å². The number of rotatable bonds is 2. The lowest BCUT2D eigenvalue weighted by molar-refractivity contribution is 0.244. The summed E-state index contributed by atoms with van der Waals surface area (Å²) in [5, 5.41) is 4.05. The molecule has 0 radical (unpaired) electrons. The number of nitrogens with zero attached hydrogens (tertiary/aromatic N) is 2. The molecule has 2 nitrogen and oxygen atoms in total. The molecule has 0 fully saturated rings. The molecule has 0 bridgehead atoms. The molecular weight excluding hydrogens is 143 g/mol. The molecule has 1 aromatic heterocycles. The van der Waals surface area contributed by atoms with Gasteiger partial charge in [0.2, 0.25) is 0 Å². The smallest absolute Gasteiger partial charge is 0.188 e. The van der Waals surface area contributed by atoms with Crippen LogP contribution in [0.3, 0.4) is 0 Å². The topological polar surface area (TPSA) is 17.8 Å². The largest absolute Gasteiger partial charge is 0.239 e. The van der Waals surface area contributed by atoms with Gasteiger partial charge in [0.1, 0.15) is 0 Å². The van der Waals surface area contributed by atoms with Crippen LogP contribution in [0.1, 0.15) is 38.7 Å². The minimum Gasteiger partial charge on any atom is -0.239 e. The highest BCUT2D eigenvalue weighted by atomic mass is 19.1. The van der Waals surface area contributed by atoms with Gasteiger partial charge in [-0.25, -0.2) is 9.07 Å². The van der Waals surface area contributed by atoms with Crippen molar-refractivity contribution in [3.63, 3.8) is 0 Å². The van der Waals surface area contributed by atoms with Crippen molar-refractivity contribution in [3.05, 3.63) is 18.0 Å². The fraction of sp³-hybridized carbons (Fsp3) is 0.625. The summed E-state index contributed by atoms with van der Waals surface area (Å²) in [6.45, 7) is 5.54. The van der Waals surface area contributed by atoms with E-state index in [-0.39, 0.29) is 0 Å². The Bertz CT molecular complexity index is 205. The van der Waals surface area contributed by atoms with Crippen molar-refractivity contribution in [3.8, 4) is 0 Å². The number of hydrogen-bond donors (Lipinski definition) is 0. The summed E-state index contributed by atoms with van der Waals surface area (Å²) in [6.07, 6.45) is 0.641. The zero-order chi connectivity index (χ0) is 8.43. The average molecular weight is 156 g/mol. The minimum atomic E-state index is -1.03. The van der Waals surface area contributed by atoms with Gasteiger partial charge < -0.3 is 0 Å². The number of aromatic nitrogens is 2. The molecule has 0 spiro atoms. The van der Waals surface area contributed by atoms with E-state index < -0.39 is 6.30 Å². The van der Waals surface area contributed by atoms with Gasteiger partial charge in [-0.1, -0.05) is 13.8 Å². The molecule has 1 rings (SSSR count). The third-order valence-electron chi connectivity index (χ3n) is 1.59. The number of halogens is 1. The maximum absolute atomic E-state index is 12.6. The van der Waals surface area contributed by atoms with Crippen molar-refractivity contribution >= 4 is 0 Å². The molecule has 1 heterocycles. The van der Waals surface area contributed by atoms with Crippen LogP contribution >= 0.6 is 0 Å². The quantitative estimate of drug-likeness (QED) is 0.643. The highest BCUT2D eigenvalue weighted by Gasteiger charge is 2.06. The van der Waals surface area contributed by atoms with Gasteiger partial charge in [-0.2, -0.15) is 5.10 Å². The average Bonchev–Trinajstić information content (AvgIpc) is 2.33. The molecule has 0 aliphatic rings. The highest BCUT2D eigenvalue weighted by molar-refractivity contribution is 5.03. The first kappa shape index (κ1) is 8.24. The van der Waals surface area contributed by atoms with Gasteiger partial charge in [-0.05, 0) is 18.9 Å². The van der Waals surface area contributed by atoms with Crippen LogP contribution in [-0.4, -0.2) is 9.78 Å². The van der Waals surface area contributed by atoms with E-state index in [4.69, 9.17) is 0 Å². The first-order valence-corrected chi connectivity index (χ1v) is 3.80. The lowest BCUT2D eigenvalue weighted by Crippen LogP contribution is -2.00. The minimum absolute atomic E-state index is 0.370. The van der Waals surface area contributed by atoms with Crippen LogP contribution < -0.4 is 0 Å². The monoisotopic (exact) mass is 156 g/mol. The van der Waals surface area contributed by atoms with Crippen LogP contribution in [0.25, 0.3) is 0 Å². The van der Waals surface area contributed by atoms with Gasteiger partial charge in [0.25, 0.3) is 0 Å². The van der Waals surface area contributed by atoms with Crippen LogP contribution in [0, 0.1) is 0 Å². The first-order chi connectivity index (χ1) is 5.11. The van der Waals surface area contributed by atoms with Crippen LogP contribution in [-0.2, 0) is 0 Å². The molecule has 0 N–H and O–H groups in total. The Morgan fingerprint density at radius 3 is 2.36 bits per heavy atom. The zero-order valence-corrected chi connectivity index (χ0v) is 7.08. The van der Waals surface area contributed by atoms with Gasteiger partial charge in [0.05, 0.1) is 5.69 Å². The molecule has 11 heavy (non-hydrogen) atoms. The summed E-state index contributed by atoms with van der Waals surface area (Å²) in [4.78, 5) is 0. The van der Waals surface area contributed by atoms with Gasteiger partial charge in [-0.15, -0.1) is 0 Å². The normalized spacial score (nSPS) is 13.9. The van der Waals surface area contributed by atoms with E-state index in [0.717, 1.165) is 5.69 Å². The predicted octanol–water partition coefficient (Wildman–Crippen LogP) is 2.49. The Hall–Kier alpha value is -0.860. The Labute approximate surface area is 66.0 Å². The van der Waals surface area contributed by atoms with E-state index in [9.17, 15) is 4.39 Å². The standard InChI is InChI=1S/C8H13FN2/c1-6(2)8-4-5-11(10-8)7(3)9/h4-7H,1-3H3. The fourth-order valence-corrected chi connectivity index (χ4v) is 0.859. The molecule has 0 aromatic carbocycles. The highest BCUT2D eigenvalue weighted by Crippen LogP contribution is 2.13. The van der Waals surface area contributed by atoms with Crippen molar-refractivity contribution < 1.29 is 4.39 Å². The Balaban J connectivity index is 2.82. The fourth-order valence-electron chi connectivity index (χ4n) is 0.859. The lowest BCUT2D eigenvalue weighted by atomic mass is 10.1. The van der Waals surface area contributed by atoms with Crippen molar-refractivity contribution in [1.29, 1.82) is 0 Å². The second-order valence-corrected chi connectivity index (χ2v) is 2.95. The molecule has 0 amide bonds. The summed E-state index contributed by atoms with van der Waals surface area (Å²) in [7, 11) is 0. The summed E-state index contributed by atoms with van der Waals surface area (Å²) < 4.78 is 13.9. The van der Waals surface area contributed by atoms with Crippen molar-refractivity contribution in [2.75, 3.05) is 0 Å². The lowest BCUT2D eigenvalue weighted by Gasteiger charge is -2.01. The maximum atomic E-state index is 12.6. The van der Waals surface area contributed by atoms with E-state index >= 15 is 0 Å². The first-order valence-electron chi connectivity index (χ1n) is 3.80. The molecule has 0 saturated carbocycles. The van der Waals surface area contributed by atoms with Crippen LogP contribution in [0.15, 0.2) is 12.3 Å². The number of hydrogen-bond acceptors (Lipinski definition) is 1. The van der Waals surface area contributed by atoms with Crippen LogP contribution in [0.2, 0.25) is 0 Å². The maximum Gasteiger partial charge on any atom is 0.188 e. The third-order valence-corrected chi connectivity index (χ3v) is 1.59. The third kappa shape index (κ3) is 1.79. The Morgan fingerprint density at radius 1 is 1.45 bits per heavy atom. The second kappa shape index (κ2) is 3.03. The van der Waals surface area contributed by atoms with Gasteiger partial charge in [0.15, 0.2) is 6.30 Å². The van der Waals surface area contributed by atoms with Crippen molar-refractivity contribution in [2.24, 2.45) is 0 Å². The summed E-state index contributed by atoms with van der Waals surface area (Å²) in [6, 6.07) is 1.85. The van der Waals surface area contributed by atoms with Crippen LogP contribution in [0.4, 0.5) is 4.39 Å². The molecule has 0 aliphatic carbocycles. The van der Waals surface area contributed by atoms with E-state index in [1.807, 2.05) is 19.9 Å². The Kier molecular flexibility index (Phi) is 2.27. The molecule has 0 aliphatic heterocycles. The van der Waals surface area contributed by atoms with Gasteiger partial charge in [-0.3, -0.25) is 0 Å². The molecule has 0 saturated heterocycles. The predicted molar refractivity (Wildman–Crippen MR) is 42.1 cm³/mol. The van der Waals surface area contributed by atoms with E-state index in [2.05, 4.69) is 5.10 Å². The molecule has 3 heteroatoms. The zero-order valence-electron chi connectivity index (χ0n) is 7.08. The molecule has 62 valence electrons. The molecule has 1 unspecified atom stereocenters. The van der Waals surface area contributed by atoms with E-state index in [1.165, 1.54) is 11.6 Å². The number of alkyl halides is 1. The molecule has 1 atom stereocenters. The van der Waals surface area contributed by atoms with Gasteiger partial charge >= 0.3 is 0 Å². The van der Waals surface area contributed by atoms with Crippen molar-refractivity contribution in [1.82, 2.24) is 9.78 Å². The Morgan fingerprint density at radius 2 is 2.09 bits per heavy atom. The van der Waals surface area contributed by atoms with E-state index in [0.29, 0.717) is 5.92 Å². The van der Waals surface area contributed by atoms with Gasteiger partial charge in [0, 0.05) is 6.20 Å². The summed E-state index contributed by atoms with van der Waals surface area (Å²) in [5.41, 5.74) is 0.939. The molecular formula is C8H13FN2. The molecule has 1 aromatic rings. The second-order valence-electron chi connectivity index (χ2n) is 2.95. The SMILES string of the molecule is CC(C)c1ccn(C(C)F)n1. The van der Waals surface area contributed by atoms with E-state index in [1.54, 1.807) is 6.20 Å². The summed E-state index contributed by atoms with van der Waals surface area (Å²) >= 11 is 0.